The topological polar surface area (TPSA) is 84.1 Å². The highest BCUT2D eigenvalue weighted by Gasteiger charge is 2.09. The van der Waals surface area contributed by atoms with Gasteiger partial charge in [-0.1, -0.05) is 13.8 Å². The van der Waals surface area contributed by atoms with Gasteiger partial charge in [0.05, 0.1) is 0 Å². The predicted molar refractivity (Wildman–Crippen MR) is 69.9 cm³/mol. The second-order valence-electron chi connectivity index (χ2n) is 4.42. The highest BCUT2D eigenvalue weighted by Crippen LogP contribution is 2.18. The van der Waals surface area contributed by atoms with Gasteiger partial charge in [-0.05, 0) is 19.3 Å². The first-order chi connectivity index (χ1) is 8.08. The number of rotatable bonds is 6. The minimum Gasteiger partial charge on any atom is -0.396 e. The predicted octanol–water partition coefficient (Wildman–Crippen LogP) is 1.36. The Hall–Kier alpha value is -1.36. The molecule has 0 aromatic carbocycles. The van der Waals surface area contributed by atoms with Crippen LogP contribution >= 0.6 is 0 Å². The monoisotopic (exact) mass is 238 g/mol. The lowest BCUT2D eigenvalue weighted by molar-refractivity contribution is 0.244. The van der Waals surface area contributed by atoms with Crippen molar-refractivity contribution in [3.05, 3.63) is 11.4 Å². The zero-order chi connectivity index (χ0) is 12.8. The number of nitrogen functional groups attached to an aromatic ring is 1. The molecule has 1 heterocycles. The fourth-order valence-electron chi connectivity index (χ4n) is 1.43. The molecule has 0 saturated heterocycles. The first-order valence-electron chi connectivity index (χ1n) is 6.06. The molecule has 1 rings (SSSR count). The van der Waals surface area contributed by atoms with Gasteiger partial charge in [-0.15, -0.1) is 0 Å². The summed E-state index contributed by atoms with van der Waals surface area (Å²) >= 11 is 0. The van der Waals surface area contributed by atoms with Gasteiger partial charge in [-0.3, -0.25) is 0 Å². The molecule has 0 amide bonds. The Morgan fingerprint density at radius 3 is 2.71 bits per heavy atom. The van der Waals surface area contributed by atoms with E-state index < -0.39 is 0 Å². The quantitative estimate of drug-likeness (QED) is 0.697. The van der Waals surface area contributed by atoms with Crippen molar-refractivity contribution in [3.63, 3.8) is 0 Å². The van der Waals surface area contributed by atoms with E-state index in [2.05, 4.69) is 22.2 Å². The number of nitrogens with zero attached hydrogens (tertiary/aromatic N) is 2. The molecule has 0 spiro atoms. The van der Waals surface area contributed by atoms with Gasteiger partial charge >= 0.3 is 0 Å². The Bertz CT molecular complexity index is 368. The van der Waals surface area contributed by atoms with E-state index in [1.54, 1.807) is 0 Å². The minimum absolute atomic E-state index is 0.161. The number of aliphatic hydroxyl groups is 1. The van der Waals surface area contributed by atoms with Gasteiger partial charge < -0.3 is 16.2 Å². The molecule has 5 heteroatoms. The molecule has 0 aliphatic carbocycles. The number of hydrogen-bond acceptors (Lipinski definition) is 5. The van der Waals surface area contributed by atoms with Crippen LogP contribution in [0.1, 0.15) is 31.7 Å². The van der Waals surface area contributed by atoms with Gasteiger partial charge in [-0.25, -0.2) is 9.97 Å². The molecule has 96 valence electrons. The molecular formula is C12H22N4O. The third kappa shape index (κ3) is 3.85. The van der Waals surface area contributed by atoms with Gasteiger partial charge in [0, 0.05) is 25.1 Å². The van der Waals surface area contributed by atoms with Crippen LogP contribution in [0.3, 0.4) is 0 Å². The van der Waals surface area contributed by atoms with E-state index in [4.69, 9.17) is 10.8 Å². The summed E-state index contributed by atoms with van der Waals surface area (Å²) in [6, 6.07) is 0. The lowest BCUT2D eigenvalue weighted by Crippen LogP contribution is -2.17. The summed E-state index contributed by atoms with van der Waals surface area (Å²) in [6.45, 7) is 6.80. The fraction of sp³-hybridized carbons (Fsp3) is 0.667. The standard InChI is InChI=1S/C12H22N4O/c1-4-5-10-15-11(13)9(3)12(16-10)14-6-8(2)7-17/h8,17H,4-7H2,1-3H3,(H3,13,14,15,16). The molecule has 1 atom stereocenters. The molecule has 1 aromatic rings. The average Bonchev–Trinajstić information content (AvgIpc) is 2.31. The number of hydrogen-bond donors (Lipinski definition) is 3. The number of nitrogens with two attached hydrogens (primary N) is 1. The van der Waals surface area contributed by atoms with Crippen LogP contribution in [-0.2, 0) is 6.42 Å². The lowest BCUT2D eigenvalue weighted by Gasteiger charge is -2.14. The first kappa shape index (κ1) is 13.7. The molecule has 0 radical (unpaired) electrons. The van der Waals surface area contributed by atoms with Crippen LogP contribution in [0.4, 0.5) is 11.6 Å². The van der Waals surface area contributed by atoms with Gasteiger partial charge in [0.15, 0.2) is 0 Å². The maximum Gasteiger partial charge on any atom is 0.134 e. The number of aryl methyl sites for hydroxylation is 1. The summed E-state index contributed by atoms with van der Waals surface area (Å²) < 4.78 is 0. The van der Waals surface area contributed by atoms with E-state index in [0.29, 0.717) is 12.4 Å². The highest BCUT2D eigenvalue weighted by molar-refractivity contribution is 5.54. The number of aromatic nitrogens is 2. The molecule has 0 bridgehead atoms. The van der Waals surface area contributed by atoms with Crippen molar-refractivity contribution in [2.45, 2.75) is 33.6 Å². The summed E-state index contributed by atoms with van der Waals surface area (Å²) in [5, 5.41) is 12.2. The Kier molecular flexibility index (Phi) is 5.15. The van der Waals surface area contributed by atoms with Crippen molar-refractivity contribution in [3.8, 4) is 0 Å². The second-order valence-corrected chi connectivity index (χ2v) is 4.42. The van der Waals surface area contributed by atoms with Crippen molar-refractivity contribution in [2.75, 3.05) is 24.2 Å². The van der Waals surface area contributed by atoms with Crippen LogP contribution in [0.15, 0.2) is 0 Å². The van der Waals surface area contributed by atoms with Gasteiger partial charge in [-0.2, -0.15) is 0 Å². The number of aliphatic hydroxyl groups excluding tert-OH is 1. The third-order valence-corrected chi connectivity index (χ3v) is 2.63. The van der Waals surface area contributed by atoms with E-state index in [1.807, 2.05) is 13.8 Å². The summed E-state index contributed by atoms with van der Waals surface area (Å²) in [6.07, 6.45) is 1.82. The van der Waals surface area contributed by atoms with Crippen LogP contribution in [0.25, 0.3) is 0 Å². The summed E-state index contributed by atoms with van der Waals surface area (Å²) in [5.41, 5.74) is 6.72. The molecule has 0 aliphatic heterocycles. The van der Waals surface area contributed by atoms with Crippen molar-refractivity contribution < 1.29 is 5.11 Å². The minimum atomic E-state index is 0.161. The molecule has 17 heavy (non-hydrogen) atoms. The van der Waals surface area contributed by atoms with Crippen molar-refractivity contribution >= 4 is 11.6 Å². The van der Waals surface area contributed by atoms with Crippen LogP contribution in [0, 0.1) is 12.8 Å². The molecule has 5 nitrogen and oxygen atoms in total. The van der Waals surface area contributed by atoms with Crippen molar-refractivity contribution in [2.24, 2.45) is 5.92 Å². The Morgan fingerprint density at radius 2 is 2.12 bits per heavy atom. The van der Waals surface area contributed by atoms with Crippen LogP contribution in [-0.4, -0.2) is 28.2 Å². The van der Waals surface area contributed by atoms with Gasteiger partial charge in [0.2, 0.25) is 0 Å². The normalized spacial score (nSPS) is 12.5. The average molecular weight is 238 g/mol. The van der Waals surface area contributed by atoms with Crippen LogP contribution in [0.2, 0.25) is 0 Å². The zero-order valence-electron chi connectivity index (χ0n) is 10.8. The molecule has 4 N–H and O–H groups in total. The number of nitrogens with one attached hydrogen (secondary N) is 1. The van der Waals surface area contributed by atoms with E-state index in [1.165, 1.54) is 0 Å². The molecule has 0 fully saturated rings. The van der Waals surface area contributed by atoms with Gasteiger partial charge in [0.1, 0.15) is 17.5 Å². The van der Waals surface area contributed by atoms with Crippen molar-refractivity contribution in [1.82, 2.24) is 9.97 Å². The summed E-state index contributed by atoms with van der Waals surface area (Å²) in [7, 11) is 0. The maximum atomic E-state index is 8.98. The largest absolute Gasteiger partial charge is 0.396 e. The Labute approximate surface area is 102 Å². The van der Waals surface area contributed by atoms with Crippen molar-refractivity contribution in [1.29, 1.82) is 0 Å². The zero-order valence-corrected chi connectivity index (χ0v) is 10.8. The molecule has 0 aliphatic rings. The van der Waals surface area contributed by atoms with Crippen LogP contribution in [0.5, 0.6) is 0 Å². The Balaban J connectivity index is 2.82. The highest BCUT2D eigenvalue weighted by atomic mass is 16.3. The fourth-order valence-corrected chi connectivity index (χ4v) is 1.43. The number of anilines is 2. The van der Waals surface area contributed by atoms with E-state index in [9.17, 15) is 0 Å². The first-order valence-corrected chi connectivity index (χ1v) is 6.06. The molecule has 1 aromatic heterocycles. The third-order valence-electron chi connectivity index (χ3n) is 2.63. The summed E-state index contributed by atoms with van der Waals surface area (Å²) in [4.78, 5) is 8.69. The smallest absolute Gasteiger partial charge is 0.134 e. The van der Waals surface area contributed by atoms with E-state index in [0.717, 1.165) is 30.0 Å². The van der Waals surface area contributed by atoms with E-state index >= 15 is 0 Å². The molecular weight excluding hydrogens is 216 g/mol. The SMILES string of the molecule is CCCc1nc(N)c(C)c(NCC(C)CO)n1. The molecule has 1 unspecified atom stereocenters. The Morgan fingerprint density at radius 1 is 1.41 bits per heavy atom. The maximum absolute atomic E-state index is 8.98. The lowest BCUT2D eigenvalue weighted by atomic mass is 10.2. The van der Waals surface area contributed by atoms with Gasteiger partial charge in [0.25, 0.3) is 0 Å². The van der Waals surface area contributed by atoms with E-state index in [-0.39, 0.29) is 12.5 Å². The van der Waals surface area contributed by atoms with Crippen LogP contribution < -0.4 is 11.1 Å². The second kappa shape index (κ2) is 6.39. The summed E-state index contributed by atoms with van der Waals surface area (Å²) in [5.74, 6) is 2.28. The molecule has 0 saturated carbocycles.